The minimum absolute atomic E-state index is 0.0220. The summed E-state index contributed by atoms with van der Waals surface area (Å²) in [5, 5.41) is 0.673. The van der Waals surface area contributed by atoms with E-state index in [0.717, 1.165) is 24.5 Å². The second-order valence-corrected chi connectivity index (χ2v) is 7.43. The number of likely N-dealkylation sites (tertiary alicyclic amines) is 1. The zero-order chi connectivity index (χ0) is 20.4. The highest BCUT2D eigenvalue weighted by Gasteiger charge is 2.29. The number of piperidine rings is 1. The number of rotatable bonds is 4. The summed E-state index contributed by atoms with van der Waals surface area (Å²) in [5.41, 5.74) is -0.379. The summed E-state index contributed by atoms with van der Waals surface area (Å²) in [7, 11) is 0. The molecule has 0 aliphatic carbocycles. The fourth-order valence-electron chi connectivity index (χ4n) is 3.54. The van der Waals surface area contributed by atoms with Gasteiger partial charge in [-0.1, -0.05) is 29.8 Å². The third-order valence-electron chi connectivity index (χ3n) is 4.94. The van der Waals surface area contributed by atoms with Crippen molar-refractivity contribution in [3.05, 3.63) is 85.3 Å². The van der Waals surface area contributed by atoms with Crippen molar-refractivity contribution < 1.29 is 9.21 Å². The third kappa shape index (κ3) is 4.32. The van der Waals surface area contributed by atoms with Gasteiger partial charge in [0.1, 0.15) is 11.5 Å². The van der Waals surface area contributed by atoms with Gasteiger partial charge in [-0.05, 0) is 24.5 Å². The first kappa shape index (κ1) is 19.2. The van der Waals surface area contributed by atoms with E-state index in [1.54, 1.807) is 11.1 Å². The summed E-state index contributed by atoms with van der Waals surface area (Å²) in [4.78, 5) is 46.1. The molecule has 29 heavy (non-hydrogen) atoms. The first-order chi connectivity index (χ1) is 14.0. The summed E-state index contributed by atoms with van der Waals surface area (Å²) in [6, 6.07) is 8.66. The number of aromatic amines is 2. The van der Waals surface area contributed by atoms with Gasteiger partial charge in [0.15, 0.2) is 5.89 Å². The van der Waals surface area contributed by atoms with Crippen LogP contribution in [0.1, 0.15) is 46.5 Å². The Bertz CT molecular complexity index is 1120. The smallest absolute Gasteiger partial charge is 0.326 e. The van der Waals surface area contributed by atoms with E-state index in [-0.39, 0.29) is 17.5 Å². The highest BCUT2D eigenvalue weighted by Crippen LogP contribution is 2.28. The second kappa shape index (κ2) is 8.08. The number of nitrogens with zero attached hydrogens (tertiary/aromatic N) is 2. The first-order valence-corrected chi connectivity index (χ1v) is 9.68. The summed E-state index contributed by atoms with van der Waals surface area (Å²) >= 11 is 6.21. The minimum Gasteiger partial charge on any atom is -0.445 e. The molecule has 1 saturated heterocycles. The highest BCUT2D eigenvalue weighted by atomic mass is 35.5. The molecule has 1 aliphatic rings. The molecule has 3 heterocycles. The van der Waals surface area contributed by atoms with Crippen molar-refractivity contribution in [2.45, 2.75) is 25.2 Å². The molecule has 0 spiro atoms. The van der Waals surface area contributed by atoms with E-state index >= 15 is 0 Å². The van der Waals surface area contributed by atoms with Crippen LogP contribution in [-0.4, -0.2) is 38.8 Å². The van der Waals surface area contributed by atoms with Crippen molar-refractivity contribution in [3.63, 3.8) is 0 Å². The van der Waals surface area contributed by atoms with Crippen molar-refractivity contribution in [1.29, 1.82) is 0 Å². The van der Waals surface area contributed by atoms with Crippen LogP contribution < -0.4 is 11.2 Å². The Morgan fingerprint density at radius 1 is 1.28 bits per heavy atom. The lowest BCUT2D eigenvalue weighted by Crippen LogP contribution is -2.41. The van der Waals surface area contributed by atoms with Gasteiger partial charge in [0.2, 0.25) is 0 Å². The van der Waals surface area contributed by atoms with E-state index in [1.807, 2.05) is 24.3 Å². The highest BCUT2D eigenvalue weighted by molar-refractivity contribution is 6.31. The molecule has 0 radical (unpaired) electrons. The van der Waals surface area contributed by atoms with Crippen molar-refractivity contribution in [1.82, 2.24) is 19.9 Å². The number of carbonyl (C=O) groups excluding carboxylic acids is 1. The SMILES string of the molecule is O=C(c1cc(=O)[nH]c(=O)[nH]1)N1CCCC(c2ncc(Cc3ccccc3Cl)o2)C1. The number of H-pyrrole nitrogens is 2. The normalized spacial score (nSPS) is 16.7. The van der Waals surface area contributed by atoms with Crippen LogP contribution in [0.15, 0.2) is 50.5 Å². The lowest BCUT2D eigenvalue weighted by atomic mass is 9.97. The topological polar surface area (TPSA) is 112 Å². The fraction of sp³-hybridized carbons (Fsp3) is 0.300. The predicted molar refractivity (Wildman–Crippen MR) is 106 cm³/mol. The maximum Gasteiger partial charge on any atom is 0.326 e. The zero-order valence-electron chi connectivity index (χ0n) is 15.5. The lowest BCUT2D eigenvalue weighted by molar-refractivity contribution is 0.0691. The van der Waals surface area contributed by atoms with Crippen LogP contribution in [0.3, 0.4) is 0 Å². The summed E-state index contributed by atoms with van der Waals surface area (Å²) in [6.07, 6.45) is 3.83. The molecule has 1 amide bonds. The van der Waals surface area contributed by atoms with E-state index < -0.39 is 11.2 Å². The van der Waals surface area contributed by atoms with Crippen LogP contribution in [0.25, 0.3) is 0 Å². The number of benzene rings is 1. The summed E-state index contributed by atoms with van der Waals surface area (Å²) in [6.45, 7) is 0.942. The molecule has 1 aliphatic heterocycles. The van der Waals surface area contributed by atoms with Gasteiger partial charge in [-0.25, -0.2) is 9.78 Å². The molecule has 150 valence electrons. The maximum absolute atomic E-state index is 12.7. The molecule has 3 aromatic rings. The molecule has 1 atom stereocenters. The number of aromatic nitrogens is 3. The molecule has 9 heteroatoms. The standard InChI is InChI=1S/C20H19ClN4O4/c21-15-6-2-1-4-12(15)8-14-10-22-18(29-14)13-5-3-7-25(11-13)19(27)16-9-17(26)24-20(28)23-16/h1-2,4,6,9-10,13H,3,5,7-8,11H2,(H2,23,24,26,28). The number of oxazole rings is 1. The molecule has 4 rings (SSSR count). The number of halogens is 1. The number of nitrogens with one attached hydrogen (secondary N) is 2. The van der Waals surface area contributed by atoms with Gasteiger partial charge in [0.25, 0.3) is 11.5 Å². The van der Waals surface area contributed by atoms with Crippen LogP contribution in [0.5, 0.6) is 0 Å². The van der Waals surface area contributed by atoms with Gasteiger partial charge in [0, 0.05) is 30.6 Å². The van der Waals surface area contributed by atoms with Gasteiger partial charge < -0.3 is 14.3 Å². The van der Waals surface area contributed by atoms with Crippen LogP contribution in [0.2, 0.25) is 5.02 Å². The van der Waals surface area contributed by atoms with Crippen molar-refractivity contribution >= 4 is 17.5 Å². The maximum atomic E-state index is 12.7. The molecular weight excluding hydrogens is 396 g/mol. The van der Waals surface area contributed by atoms with Crippen LogP contribution in [0, 0.1) is 0 Å². The molecule has 1 unspecified atom stereocenters. The Hall–Kier alpha value is -3.13. The van der Waals surface area contributed by atoms with E-state index in [0.29, 0.717) is 36.2 Å². The largest absolute Gasteiger partial charge is 0.445 e. The van der Waals surface area contributed by atoms with E-state index in [4.69, 9.17) is 16.0 Å². The Labute approximate surface area is 170 Å². The van der Waals surface area contributed by atoms with Crippen molar-refractivity contribution in [2.24, 2.45) is 0 Å². The minimum atomic E-state index is -0.702. The van der Waals surface area contributed by atoms with Crippen LogP contribution >= 0.6 is 11.6 Å². The first-order valence-electron chi connectivity index (χ1n) is 9.30. The Morgan fingerprint density at radius 2 is 2.10 bits per heavy atom. The van der Waals surface area contributed by atoms with Gasteiger partial charge in [-0.2, -0.15) is 0 Å². The van der Waals surface area contributed by atoms with Gasteiger partial charge in [-0.3, -0.25) is 14.6 Å². The Morgan fingerprint density at radius 3 is 2.90 bits per heavy atom. The molecule has 0 bridgehead atoms. The lowest BCUT2D eigenvalue weighted by Gasteiger charge is -2.31. The quantitative estimate of drug-likeness (QED) is 0.680. The molecule has 2 N–H and O–H groups in total. The molecule has 1 aromatic carbocycles. The molecule has 2 aromatic heterocycles. The van der Waals surface area contributed by atoms with Crippen LogP contribution in [0.4, 0.5) is 0 Å². The number of hydrogen-bond donors (Lipinski definition) is 2. The molecule has 0 saturated carbocycles. The molecule has 8 nitrogen and oxygen atoms in total. The number of hydrogen-bond acceptors (Lipinski definition) is 5. The van der Waals surface area contributed by atoms with E-state index in [1.165, 1.54) is 0 Å². The third-order valence-corrected chi connectivity index (χ3v) is 5.31. The average molecular weight is 415 g/mol. The zero-order valence-corrected chi connectivity index (χ0v) is 16.2. The van der Waals surface area contributed by atoms with E-state index in [2.05, 4.69) is 15.0 Å². The summed E-state index contributed by atoms with van der Waals surface area (Å²) in [5.74, 6) is 0.835. The second-order valence-electron chi connectivity index (χ2n) is 7.02. The van der Waals surface area contributed by atoms with Gasteiger partial charge in [0.05, 0.1) is 12.1 Å². The number of amides is 1. The van der Waals surface area contributed by atoms with Gasteiger partial charge in [-0.15, -0.1) is 0 Å². The van der Waals surface area contributed by atoms with Crippen molar-refractivity contribution in [2.75, 3.05) is 13.1 Å². The van der Waals surface area contributed by atoms with E-state index in [9.17, 15) is 14.4 Å². The van der Waals surface area contributed by atoms with Crippen molar-refractivity contribution in [3.8, 4) is 0 Å². The Kier molecular flexibility index (Phi) is 5.35. The Balaban J connectivity index is 1.48. The van der Waals surface area contributed by atoms with Gasteiger partial charge >= 0.3 is 5.69 Å². The number of carbonyl (C=O) groups is 1. The fourth-order valence-corrected chi connectivity index (χ4v) is 3.74. The predicted octanol–water partition coefficient (Wildman–Crippen LogP) is 2.32. The molecular formula is C20H19ClN4O4. The monoisotopic (exact) mass is 414 g/mol. The molecule has 1 fully saturated rings. The van der Waals surface area contributed by atoms with Crippen LogP contribution in [-0.2, 0) is 6.42 Å². The summed E-state index contributed by atoms with van der Waals surface area (Å²) < 4.78 is 5.93. The average Bonchev–Trinajstić information content (AvgIpc) is 3.17.